The van der Waals surface area contributed by atoms with Crippen molar-refractivity contribution in [1.29, 1.82) is 0 Å². The molecule has 1 aliphatic rings. The van der Waals surface area contributed by atoms with Gasteiger partial charge in [0, 0.05) is 59.1 Å². The summed E-state index contributed by atoms with van der Waals surface area (Å²) in [5.74, 6) is 0.855. The van der Waals surface area contributed by atoms with E-state index in [0.717, 1.165) is 51.6 Å². The summed E-state index contributed by atoms with van der Waals surface area (Å²) in [6.07, 6.45) is 2.37. The van der Waals surface area contributed by atoms with Gasteiger partial charge in [0.15, 0.2) is 5.96 Å². The summed E-state index contributed by atoms with van der Waals surface area (Å²) < 4.78 is 5.03. The van der Waals surface area contributed by atoms with E-state index in [4.69, 9.17) is 4.74 Å². The fourth-order valence-corrected chi connectivity index (χ4v) is 3.03. The molecule has 148 valence electrons. The number of rotatable bonds is 9. The van der Waals surface area contributed by atoms with Crippen molar-refractivity contribution in [3.05, 3.63) is 30.3 Å². The van der Waals surface area contributed by atoms with Gasteiger partial charge in [-0.1, -0.05) is 18.2 Å². The second-order valence-electron chi connectivity index (χ2n) is 6.29. The van der Waals surface area contributed by atoms with Gasteiger partial charge in [-0.05, 0) is 31.5 Å². The molecule has 26 heavy (non-hydrogen) atoms. The molecule has 0 saturated carbocycles. The van der Waals surface area contributed by atoms with Gasteiger partial charge in [0.25, 0.3) is 0 Å². The maximum absolute atomic E-state index is 5.03. The maximum Gasteiger partial charge on any atom is 0.191 e. The van der Waals surface area contributed by atoms with Gasteiger partial charge in [-0.2, -0.15) is 0 Å². The minimum atomic E-state index is 0. The van der Waals surface area contributed by atoms with Crippen molar-refractivity contribution in [3.8, 4) is 0 Å². The molecule has 0 radical (unpaired) electrons. The minimum absolute atomic E-state index is 0. The Morgan fingerprint density at radius 3 is 2.38 bits per heavy atom. The van der Waals surface area contributed by atoms with Crippen LogP contribution < -0.4 is 15.5 Å². The molecule has 0 aliphatic carbocycles. The number of ether oxygens (including phenoxy) is 1. The quantitative estimate of drug-likeness (QED) is 0.248. The second-order valence-corrected chi connectivity index (χ2v) is 6.29. The third-order valence-corrected chi connectivity index (χ3v) is 4.51. The smallest absolute Gasteiger partial charge is 0.191 e. The lowest BCUT2D eigenvalue weighted by molar-refractivity contribution is 0.203. The van der Waals surface area contributed by atoms with Crippen molar-refractivity contribution in [3.63, 3.8) is 0 Å². The van der Waals surface area contributed by atoms with E-state index in [1.54, 1.807) is 14.2 Å². The Labute approximate surface area is 175 Å². The number of para-hydroxylation sites is 1. The summed E-state index contributed by atoms with van der Waals surface area (Å²) in [6.45, 7) is 8.16. The number of halogens is 1. The van der Waals surface area contributed by atoms with Gasteiger partial charge < -0.3 is 20.3 Å². The van der Waals surface area contributed by atoms with Gasteiger partial charge in [-0.25, -0.2) is 0 Å². The second kappa shape index (κ2) is 14.1. The third kappa shape index (κ3) is 8.55. The summed E-state index contributed by atoms with van der Waals surface area (Å²) in [4.78, 5) is 9.26. The molecule has 2 N–H and O–H groups in total. The van der Waals surface area contributed by atoms with Crippen LogP contribution in [-0.4, -0.2) is 77.4 Å². The predicted octanol–water partition coefficient (Wildman–Crippen LogP) is 2.02. The molecule has 6 nitrogen and oxygen atoms in total. The molecule has 7 heteroatoms. The number of aliphatic imine (C=N–C) groups is 1. The van der Waals surface area contributed by atoms with Crippen LogP contribution in [0.15, 0.2) is 35.3 Å². The Morgan fingerprint density at radius 1 is 1.04 bits per heavy atom. The van der Waals surface area contributed by atoms with Gasteiger partial charge >= 0.3 is 0 Å². The van der Waals surface area contributed by atoms with Crippen LogP contribution in [0.25, 0.3) is 0 Å². The number of benzene rings is 1. The molecule has 0 aromatic heterocycles. The molecule has 2 rings (SSSR count). The fraction of sp³-hybridized carbons (Fsp3) is 0.632. The van der Waals surface area contributed by atoms with Crippen molar-refractivity contribution in [2.75, 3.05) is 71.5 Å². The molecule has 0 unspecified atom stereocenters. The van der Waals surface area contributed by atoms with Crippen LogP contribution in [0.4, 0.5) is 5.69 Å². The third-order valence-electron chi connectivity index (χ3n) is 4.51. The number of nitrogens with zero attached hydrogens (tertiary/aromatic N) is 3. The zero-order valence-electron chi connectivity index (χ0n) is 16.1. The van der Waals surface area contributed by atoms with Crippen molar-refractivity contribution in [2.24, 2.45) is 4.99 Å². The minimum Gasteiger partial charge on any atom is -0.383 e. The first-order valence-corrected chi connectivity index (χ1v) is 9.29. The average Bonchev–Trinajstić information content (AvgIpc) is 2.67. The Morgan fingerprint density at radius 2 is 1.73 bits per heavy atom. The van der Waals surface area contributed by atoms with Crippen LogP contribution in [0.5, 0.6) is 0 Å². The first-order valence-electron chi connectivity index (χ1n) is 9.29. The Kier molecular flexibility index (Phi) is 12.4. The molecular formula is C19H34IN5O. The topological polar surface area (TPSA) is 52.1 Å². The number of hydrogen-bond donors (Lipinski definition) is 2. The van der Waals surface area contributed by atoms with E-state index in [2.05, 4.69) is 55.8 Å². The lowest BCUT2D eigenvalue weighted by Gasteiger charge is -2.36. The van der Waals surface area contributed by atoms with E-state index in [9.17, 15) is 0 Å². The van der Waals surface area contributed by atoms with Crippen LogP contribution in [-0.2, 0) is 4.74 Å². The largest absolute Gasteiger partial charge is 0.383 e. The number of unbranched alkanes of at least 4 members (excludes halogenated alkanes) is 1. The number of methoxy groups -OCH3 is 1. The average molecular weight is 475 g/mol. The lowest BCUT2D eigenvalue weighted by atomic mass is 10.2. The van der Waals surface area contributed by atoms with Crippen LogP contribution in [0.1, 0.15) is 12.8 Å². The summed E-state index contributed by atoms with van der Waals surface area (Å²) in [5, 5.41) is 6.58. The van der Waals surface area contributed by atoms with Crippen LogP contribution >= 0.6 is 24.0 Å². The lowest BCUT2D eigenvalue weighted by Crippen LogP contribution is -2.46. The molecular weight excluding hydrogens is 441 g/mol. The van der Waals surface area contributed by atoms with E-state index >= 15 is 0 Å². The number of piperazine rings is 1. The number of guanidine groups is 1. The van der Waals surface area contributed by atoms with Gasteiger partial charge in [0.05, 0.1) is 6.61 Å². The van der Waals surface area contributed by atoms with Gasteiger partial charge in [-0.15, -0.1) is 24.0 Å². The summed E-state index contributed by atoms with van der Waals surface area (Å²) >= 11 is 0. The Bertz CT molecular complexity index is 492. The Balaban J connectivity index is 0.00000338. The van der Waals surface area contributed by atoms with E-state index < -0.39 is 0 Å². The van der Waals surface area contributed by atoms with E-state index in [1.807, 2.05) is 0 Å². The molecule has 0 spiro atoms. The molecule has 1 fully saturated rings. The number of hydrogen-bond acceptors (Lipinski definition) is 4. The maximum atomic E-state index is 5.03. The molecule has 0 atom stereocenters. The summed E-state index contributed by atoms with van der Waals surface area (Å²) in [5.41, 5.74) is 1.35. The normalized spacial score (nSPS) is 15.5. The Hall–Kier alpha value is -1.06. The highest BCUT2D eigenvalue weighted by molar-refractivity contribution is 14.0. The van der Waals surface area contributed by atoms with Gasteiger partial charge in [0.1, 0.15) is 0 Å². The highest BCUT2D eigenvalue weighted by Crippen LogP contribution is 2.15. The standard InChI is InChI=1S/C19H33N5O.HI/c1-20-19(22-11-17-25-2)21-10-6-7-12-23-13-15-24(16-14-23)18-8-4-3-5-9-18;/h3-5,8-9H,6-7,10-17H2,1-2H3,(H2,20,21,22);1H. The zero-order chi connectivity index (χ0) is 17.7. The van der Waals surface area contributed by atoms with E-state index in [-0.39, 0.29) is 24.0 Å². The van der Waals surface area contributed by atoms with Crippen molar-refractivity contribution in [1.82, 2.24) is 15.5 Å². The fourth-order valence-electron chi connectivity index (χ4n) is 3.03. The zero-order valence-corrected chi connectivity index (χ0v) is 18.4. The highest BCUT2D eigenvalue weighted by Gasteiger charge is 2.16. The van der Waals surface area contributed by atoms with Crippen LogP contribution in [0, 0.1) is 0 Å². The van der Waals surface area contributed by atoms with Crippen molar-refractivity contribution >= 4 is 35.6 Å². The van der Waals surface area contributed by atoms with Crippen LogP contribution in [0.3, 0.4) is 0 Å². The molecule has 1 aliphatic heterocycles. The first-order chi connectivity index (χ1) is 12.3. The van der Waals surface area contributed by atoms with Gasteiger partial charge in [0.2, 0.25) is 0 Å². The van der Waals surface area contributed by atoms with E-state index in [1.165, 1.54) is 18.7 Å². The number of anilines is 1. The molecule has 0 amide bonds. The molecule has 1 aromatic carbocycles. The molecule has 1 aromatic rings. The molecule has 1 saturated heterocycles. The SMILES string of the molecule is CN=C(NCCCCN1CCN(c2ccccc2)CC1)NCCOC.I. The van der Waals surface area contributed by atoms with E-state index in [0.29, 0.717) is 6.61 Å². The summed E-state index contributed by atoms with van der Waals surface area (Å²) in [6, 6.07) is 10.7. The van der Waals surface area contributed by atoms with Crippen molar-refractivity contribution in [2.45, 2.75) is 12.8 Å². The first kappa shape index (κ1) is 23.0. The van der Waals surface area contributed by atoms with Crippen molar-refractivity contribution < 1.29 is 4.74 Å². The molecule has 1 heterocycles. The number of nitrogens with one attached hydrogen (secondary N) is 2. The molecule has 0 bridgehead atoms. The monoisotopic (exact) mass is 475 g/mol. The summed E-state index contributed by atoms with van der Waals surface area (Å²) in [7, 11) is 3.51. The van der Waals surface area contributed by atoms with Gasteiger partial charge in [-0.3, -0.25) is 9.89 Å². The highest BCUT2D eigenvalue weighted by atomic mass is 127. The van der Waals surface area contributed by atoms with Crippen LogP contribution in [0.2, 0.25) is 0 Å². The predicted molar refractivity (Wildman–Crippen MR) is 121 cm³/mol.